The minimum absolute atomic E-state index is 0.296. The molecule has 0 aliphatic carbocycles. The minimum Gasteiger partial charge on any atom is -0.465 e. The lowest BCUT2D eigenvalue weighted by molar-refractivity contribution is 0.0606. The van der Waals surface area contributed by atoms with Crippen molar-refractivity contribution in [2.24, 2.45) is 7.05 Å². The standard InChI is InChI=1S/C9H10N2O2S/c1-5-6-4-7(9(12)13-3)14-8(6)10-11(5)2/h4H,1-3H3. The van der Waals surface area contributed by atoms with Crippen molar-refractivity contribution in [3.8, 4) is 0 Å². The van der Waals surface area contributed by atoms with E-state index in [4.69, 9.17) is 0 Å². The van der Waals surface area contributed by atoms with Crippen LogP contribution in [0.2, 0.25) is 0 Å². The molecule has 0 saturated heterocycles. The lowest BCUT2D eigenvalue weighted by Gasteiger charge is -1.93. The van der Waals surface area contributed by atoms with Gasteiger partial charge in [-0.1, -0.05) is 0 Å². The van der Waals surface area contributed by atoms with Crippen LogP contribution in [0.15, 0.2) is 6.07 Å². The molecule has 4 nitrogen and oxygen atoms in total. The zero-order chi connectivity index (χ0) is 10.3. The fraction of sp³-hybridized carbons (Fsp3) is 0.333. The molecule has 0 unspecified atom stereocenters. The van der Waals surface area contributed by atoms with E-state index in [1.165, 1.54) is 18.4 Å². The first-order valence-corrected chi connectivity index (χ1v) is 4.96. The average Bonchev–Trinajstić information content (AvgIpc) is 2.68. The van der Waals surface area contributed by atoms with E-state index in [0.717, 1.165) is 15.9 Å². The topological polar surface area (TPSA) is 44.1 Å². The number of nitrogens with zero attached hydrogens (tertiary/aromatic N) is 2. The number of hydrogen-bond donors (Lipinski definition) is 0. The van der Waals surface area contributed by atoms with Crippen LogP contribution in [0.25, 0.3) is 10.2 Å². The van der Waals surface area contributed by atoms with Crippen LogP contribution in [-0.4, -0.2) is 22.9 Å². The molecular weight excluding hydrogens is 200 g/mol. The van der Waals surface area contributed by atoms with E-state index in [-0.39, 0.29) is 5.97 Å². The molecule has 14 heavy (non-hydrogen) atoms. The van der Waals surface area contributed by atoms with Gasteiger partial charge in [0.2, 0.25) is 0 Å². The van der Waals surface area contributed by atoms with Crippen LogP contribution >= 0.6 is 11.3 Å². The third kappa shape index (κ3) is 1.21. The molecule has 0 saturated carbocycles. The predicted molar refractivity (Wildman–Crippen MR) is 54.7 cm³/mol. The lowest BCUT2D eigenvalue weighted by Crippen LogP contribution is -1.97. The molecule has 5 heteroatoms. The van der Waals surface area contributed by atoms with Crippen LogP contribution in [0.3, 0.4) is 0 Å². The summed E-state index contributed by atoms with van der Waals surface area (Å²) >= 11 is 1.36. The Balaban J connectivity index is 2.59. The fourth-order valence-electron chi connectivity index (χ4n) is 1.30. The van der Waals surface area contributed by atoms with Crippen molar-refractivity contribution >= 4 is 27.5 Å². The number of aryl methyl sites for hydroxylation is 2. The monoisotopic (exact) mass is 210 g/mol. The van der Waals surface area contributed by atoms with Crippen LogP contribution in [-0.2, 0) is 11.8 Å². The van der Waals surface area contributed by atoms with E-state index in [1.807, 2.05) is 24.7 Å². The summed E-state index contributed by atoms with van der Waals surface area (Å²) in [5, 5.41) is 5.30. The molecule has 0 N–H and O–H groups in total. The van der Waals surface area contributed by atoms with E-state index in [1.54, 1.807) is 0 Å². The van der Waals surface area contributed by atoms with Crippen LogP contribution in [0.5, 0.6) is 0 Å². The fourth-order valence-corrected chi connectivity index (χ4v) is 2.33. The molecule has 0 aliphatic rings. The van der Waals surface area contributed by atoms with Gasteiger partial charge < -0.3 is 4.74 Å². The second-order valence-electron chi connectivity index (χ2n) is 3.03. The van der Waals surface area contributed by atoms with Crippen molar-refractivity contribution in [2.75, 3.05) is 7.11 Å². The number of ether oxygens (including phenoxy) is 1. The quantitative estimate of drug-likeness (QED) is 0.673. The number of thiophene rings is 1. The second kappa shape index (κ2) is 3.09. The first kappa shape index (κ1) is 9.21. The normalized spacial score (nSPS) is 10.8. The molecule has 2 aromatic heterocycles. The highest BCUT2D eigenvalue weighted by molar-refractivity contribution is 7.20. The van der Waals surface area contributed by atoms with Crippen molar-refractivity contribution in [3.63, 3.8) is 0 Å². The zero-order valence-corrected chi connectivity index (χ0v) is 9.01. The van der Waals surface area contributed by atoms with Crippen LogP contribution < -0.4 is 0 Å². The van der Waals surface area contributed by atoms with Gasteiger partial charge in [-0.15, -0.1) is 11.3 Å². The van der Waals surface area contributed by atoms with Crippen LogP contribution in [0.4, 0.5) is 0 Å². The molecule has 2 heterocycles. The Bertz CT molecular complexity index is 498. The van der Waals surface area contributed by atoms with Crippen LogP contribution in [0, 0.1) is 6.92 Å². The van der Waals surface area contributed by atoms with E-state index < -0.39 is 0 Å². The predicted octanol–water partition coefficient (Wildman–Crippen LogP) is 1.73. The Kier molecular flexibility index (Phi) is 2.03. The van der Waals surface area contributed by atoms with Gasteiger partial charge >= 0.3 is 5.97 Å². The molecule has 0 spiro atoms. The van der Waals surface area contributed by atoms with Gasteiger partial charge in [-0.3, -0.25) is 4.68 Å². The van der Waals surface area contributed by atoms with Crippen molar-refractivity contribution in [3.05, 3.63) is 16.6 Å². The van der Waals surface area contributed by atoms with Crippen molar-refractivity contribution in [1.82, 2.24) is 9.78 Å². The Hall–Kier alpha value is -1.36. The first-order chi connectivity index (χ1) is 6.63. The summed E-state index contributed by atoms with van der Waals surface area (Å²) in [6, 6.07) is 1.83. The molecule has 0 aliphatic heterocycles. The number of hydrogen-bond acceptors (Lipinski definition) is 4. The van der Waals surface area contributed by atoms with E-state index in [2.05, 4.69) is 9.84 Å². The highest BCUT2D eigenvalue weighted by Gasteiger charge is 2.14. The third-order valence-electron chi connectivity index (χ3n) is 2.22. The molecule has 0 amide bonds. The lowest BCUT2D eigenvalue weighted by atomic mass is 10.3. The summed E-state index contributed by atoms with van der Waals surface area (Å²) in [7, 11) is 3.27. The molecule has 0 aromatic carbocycles. The summed E-state index contributed by atoms with van der Waals surface area (Å²) in [5.41, 5.74) is 1.06. The maximum absolute atomic E-state index is 11.2. The Labute approximate surface area is 85.1 Å². The molecule has 2 rings (SSSR count). The van der Waals surface area contributed by atoms with Gasteiger partial charge in [0, 0.05) is 18.1 Å². The summed E-state index contributed by atoms with van der Waals surface area (Å²) in [6.07, 6.45) is 0. The minimum atomic E-state index is -0.296. The number of carbonyl (C=O) groups is 1. The number of methoxy groups -OCH3 is 1. The molecule has 0 radical (unpaired) electrons. The maximum Gasteiger partial charge on any atom is 0.348 e. The summed E-state index contributed by atoms with van der Waals surface area (Å²) in [5.74, 6) is -0.296. The molecule has 0 bridgehead atoms. The molecule has 74 valence electrons. The maximum atomic E-state index is 11.2. The smallest absolute Gasteiger partial charge is 0.348 e. The summed E-state index contributed by atoms with van der Waals surface area (Å²) in [4.78, 5) is 12.7. The molecule has 0 fully saturated rings. The largest absolute Gasteiger partial charge is 0.465 e. The number of esters is 1. The van der Waals surface area contributed by atoms with E-state index >= 15 is 0 Å². The number of carbonyl (C=O) groups excluding carboxylic acids is 1. The molecule has 2 aromatic rings. The zero-order valence-electron chi connectivity index (χ0n) is 8.20. The van der Waals surface area contributed by atoms with Crippen molar-refractivity contribution < 1.29 is 9.53 Å². The Morgan fingerprint density at radius 3 is 2.93 bits per heavy atom. The summed E-state index contributed by atoms with van der Waals surface area (Å²) < 4.78 is 6.45. The molecule has 0 atom stereocenters. The Morgan fingerprint density at radius 2 is 2.36 bits per heavy atom. The number of rotatable bonds is 1. The van der Waals surface area contributed by atoms with Crippen LogP contribution in [0.1, 0.15) is 15.4 Å². The van der Waals surface area contributed by atoms with Gasteiger partial charge in [-0.25, -0.2) is 4.79 Å². The Morgan fingerprint density at radius 1 is 1.64 bits per heavy atom. The number of aromatic nitrogens is 2. The van der Waals surface area contributed by atoms with Gasteiger partial charge in [0.1, 0.15) is 9.71 Å². The average molecular weight is 210 g/mol. The van der Waals surface area contributed by atoms with E-state index in [0.29, 0.717) is 4.88 Å². The van der Waals surface area contributed by atoms with Gasteiger partial charge in [0.15, 0.2) is 0 Å². The number of fused-ring (bicyclic) bond motifs is 1. The van der Waals surface area contributed by atoms with Gasteiger partial charge in [-0.05, 0) is 13.0 Å². The summed E-state index contributed by atoms with van der Waals surface area (Å²) in [6.45, 7) is 1.98. The molecular formula is C9H10N2O2S. The highest BCUT2D eigenvalue weighted by atomic mass is 32.1. The van der Waals surface area contributed by atoms with Gasteiger partial charge in [-0.2, -0.15) is 5.10 Å². The van der Waals surface area contributed by atoms with E-state index in [9.17, 15) is 4.79 Å². The third-order valence-corrected chi connectivity index (χ3v) is 3.21. The first-order valence-electron chi connectivity index (χ1n) is 4.15. The highest BCUT2D eigenvalue weighted by Crippen LogP contribution is 2.27. The second-order valence-corrected chi connectivity index (χ2v) is 4.06. The SMILES string of the molecule is COC(=O)c1cc2c(C)n(C)nc2s1. The van der Waals surface area contributed by atoms with Gasteiger partial charge in [0.25, 0.3) is 0 Å². The van der Waals surface area contributed by atoms with Crippen molar-refractivity contribution in [1.29, 1.82) is 0 Å². The van der Waals surface area contributed by atoms with Gasteiger partial charge in [0.05, 0.1) is 7.11 Å². The van der Waals surface area contributed by atoms with Crippen molar-refractivity contribution in [2.45, 2.75) is 6.92 Å².